The number of piperazine rings is 1. The number of nitrogens with zero attached hydrogens (tertiary/aromatic N) is 2. The van der Waals surface area contributed by atoms with Gasteiger partial charge in [0.25, 0.3) is 5.91 Å². The molecule has 0 bridgehead atoms. The van der Waals surface area contributed by atoms with E-state index in [1.54, 1.807) is 29.2 Å². The number of ether oxygens (including phenoxy) is 1. The van der Waals surface area contributed by atoms with Gasteiger partial charge in [-0.25, -0.2) is 8.78 Å². The van der Waals surface area contributed by atoms with E-state index >= 15 is 0 Å². The van der Waals surface area contributed by atoms with E-state index in [2.05, 4.69) is 4.90 Å². The molecule has 0 radical (unpaired) electrons. The van der Waals surface area contributed by atoms with Gasteiger partial charge in [0.2, 0.25) is 11.2 Å². The highest BCUT2D eigenvalue weighted by atomic mass is 19.1. The molecular formula is C24H22F2N2O4. The first-order valence-corrected chi connectivity index (χ1v) is 10.2. The summed E-state index contributed by atoms with van der Waals surface area (Å²) in [7, 11) is 0. The number of carbonyl (C=O) groups is 1. The molecule has 1 aromatic heterocycles. The monoisotopic (exact) mass is 440 g/mol. The molecule has 0 N–H and O–H groups in total. The van der Waals surface area contributed by atoms with Gasteiger partial charge in [0.1, 0.15) is 30.3 Å². The van der Waals surface area contributed by atoms with Crippen LogP contribution in [0.25, 0.3) is 0 Å². The number of carbonyl (C=O) groups excluding carboxylic acids is 1. The van der Waals surface area contributed by atoms with E-state index in [4.69, 9.17) is 9.15 Å². The van der Waals surface area contributed by atoms with Gasteiger partial charge < -0.3 is 14.1 Å². The molecule has 0 saturated carbocycles. The van der Waals surface area contributed by atoms with Gasteiger partial charge in [-0.05, 0) is 29.8 Å². The van der Waals surface area contributed by atoms with E-state index in [9.17, 15) is 18.4 Å². The molecule has 0 spiro atoms. The molecule has 1 amide bonds. The number of amides is 1. The van der Waals surface area contributed by atoms with Gasteiger partial charge >= 0.3 is 0 Å². The first kappa shape index (κ1) is 21.7. The van der Waals surface area contributed by atoms with Gasteiger partial charge in [-0.2, -0.15) is 0 Å². The van der Waals surface area contributed by atoms with Crippen LogP contribution < -0.4 is 10.2 Å². The number of rotatable bonds is 6. The zero-order chi connectivity index (χ0) is 22.5. The van der Waals surface area contributed by atoms with Crippen LogP contribution in [0.15, 0.2) is 70.1 Å². The smallest absolute Gasteiger partial charge is 0.256 e. The molecule has 0 unspecified atom stereocenters. The van der Waals surface area contributed by atoms with Crippen LogP contribution in [0.3, 0.4) is 0 Å². The lowest BCUT2D eigenvalue weighted by atomic mass is 10.1. The zero-order valence-electron chi connectivity index (χ0n) is 17.3. The molecule has 2 aromatic carbocycles. The predicted molar refractivity (Wildman–Crippen MR) is 113 cm³/mol. The Balaban J connectivity index is 1.30. The number of halogens is 2. The van der Waals surface area contributed by atoms with Crippen molar-refractivity contribution in [2.75, 3.05) is 26.2 Å². The van der Waals surface area contributed by atoms with Crippen LogP contribution in [0.5, 0.6) is 5.75 Å². The second-order valence-corrected chi connectivity index (χ2v) is 7.54. The standard InChI is InChI=1S/C24H22F2N2O4/c25-18-7-5-17(6-8-18)15-32-23-16-31-19(13-22(23)29)14-27-9-11-28(12-10-27)24(30)20-3-1-2-4-21(20)26/h1-8,13,16H,9-12,14-15H2. The molecule has 6 nitrogen and oxygen atoms in total. The highest BCUT2D eigenvalue weighted by molar-refractivity contribution is 5.94. The van der Waals surface area contributed by atoms with E-state index in [1.165, 1.54) is 36.6 Å². The third-order valence-electron chi connectivity index (χ3n) is 5.30. The van der Waals surface area contributed by atoms with Crippen molar-refractivity contribution in [3.05, 3.63) is 99.6 Å². The summed E-state index contributed by atoms with van der Waals surface area (Å²) in [6, 6.07) is 13.2. The van der Waals surface area contributed by atoms with Crippen LogP contribution in [-0.2, 0) is 13.2 Å². The minimum atomic E-state index is -0.525. The Morgan fingerprint density at radius 2 is 1.72 bits per heavy atom. The maximum absolute atomic E-state index is 13.9. The Morgan fingerprint density at radius 1 is 1.00 bits per heavy atom. The molecule has 8 heteroatoms. The van der Waals surface area contributed by atoms with Gasteiger partial charge in [0.05, 0.1) is 12.1 Å². The van der Waals surface area contributed by atoms with Crippen LogP contribution in [0.1, 0.15) is 21.7 Å². The normalized spacial score (nSPS) is 14.4. The molecule has 32 heavy (non-hydrogen) atoms. The minimum Gasteiger partial charge on any atom is -0.482 e. The van der Waals surface area contributed by atoms with Crippen LogP contribution in [0.2, 0.25) is 0 Å². The average molecular weight is 440 g/mol. The Labute approximate surface area is 183 Å². The van der Waals surface area contributed by atoms with Crippen molar-refractivity contribution in [1.82, 2.24) is 9.80 Å². The first-order valence-electron chi connectivity index (χ1n) is 10.2. The van der Waals surface area contributed by atoms with Crippen molar-refractivity contribution in [2.24, 2.45) is 0 Å². The predicted octanol–water partition coefficient (Wildman–Crippen LogP) is 3.46. The topological polar surface area (TPSA) is 63.0 Å². The Kier molecular flexibility index (Phi) is 6.61. The SMILES string of the molecule is O=C(c1ccccc1F)N1CCN(Cc2cc(=O)c(OCc3ccc(F)cc3)co2)CC1. The van der Waals surface area contributed by atoms with E-state index in [0.717, 1.165) is 5.56 Å². The lowest BCUT2D eigenvalue weighted by molar-refractivity contribution is 0.0614. The maximum atomic E-state index is 13.9. The molecule has 2 heterocycles. The van der Waals surface area contributed by atoms with E-state index in [-0.39, 0.29) is 35.1 Å². The fraction of sp³-hybridized carbons (Fsp3) is 0.250. The molecule has 166 valence electrons. The third kappa shape index (κ3) is 5.20. The average Bonchev–Trinajstić information content (AvgIpc) is 2.80. The van der Waals surface area contributed by atoms with Crippen molar-refractivity contribution < 1.29 is 22.7 Å². The van der Waals surface area contributed by atoms with E-state index in [1.807, 2.05) is 0 Å². The van der Waals surface area contributed by atoms with E-state index < -0.39 is 5.82 Å². The third-order valence-corrected chi connectivity index (χ3v) is 5.30. The van der Waals surface area contributed by atoms with Crippen molar-refractivity contribution in [3.63, 3.8) is 0 Å². The summed E-state index contributed by atoms with van der Waals surface area (Å²) in [4.78, 5) is 28.5. The molecule has 3 aromatic rings. The van der Waals surface area contributed by atoms with Crippen molar-refractivity contribution >= 4 is 5.91 Å². The lowest BCUT2D eigenvalue weighted by Crippen LogP contribution is -2.48. The minimum absolute atomic E-state index is 0.0724. The van der Waals surface area contributed by atoms with Gasteiger partial charge in [-0.15, -0.1) is 0 Å². The molecule has 1 saturated heterocycles. The van der Waals surface area contributed by atoms with Crippen LogP contribution >= 0.6 is 0 Å². The number of hydrogen-bond donors (Lipinski definition) is 0. The van der Waals surface area contributed by atoms with Crippen LogP contribution in [-0.4, -0.2) is 41.9 Å². The highest BCUT2D eigenvalue weighted by Crippen LogP contribution is 2.15. The summed E-state index contributed by atoms with van der Waals surface area (Å²) >= 11 is 0. The summed E-state index contributed by atoms with van der Waals surface area (Å²) in [5.74, 6) is -0.619. The fourth-order valence-electron chi connectivity index (χ4n) is 3.50. The number of hydrogen-bond acceptors (Lipinski definition) is 5. The zero-order valence-corrected chi connectivity index (χ0v) is 17.3. The lowest BCUT2D eigenvalue weighted by Gasteiger charge is -2.34. The molecule has 1 aliphatic rings. The van der Waals surface area contributed by atoms with Crippen LogP contribution in [0, 0.1) is 11.6 Å². The second kappa shape index (κ2) is 9.74. The summed E-state index contributed by atoms with van der Waals surface area (Å²) in [6.45, 7) is 2.60. The van der Waals surface area contributed by atoms with Crippen molar-refractivity contribution in [3.8, 4) is 5.75 Å². The van der Waals surface area contributed by atoms with Crippen molar-refractivity contribution in [2.45, 2.75) is 13.2 Å². The Bertz CT molecular complexity index is 1140. The molecule has 1 fully saturated rings. The van der Waals surface area contributed by atoms with E-state index in [0.29, 0.717) is 38.5 Å². The van der Waals surface area contributed by atoms with Gasteiger partial charge in [0, 0.05) is 32.2 Å². The fourth-order valence-corrected chi connectivity index (χ4v) is 3.50. The molecule has 0 atom stereocenters. The van der Waals surface area contributed by atoms with Gasteiger partial charge in [-0.1, -0.05) is 24.3 Å². The summed E-state index contributed by atoms with van der Waals surface area (Å²) in [5.41, 5.74) is 0.502. The quantitative estimate of drug-likeness (QED) is 0.588. The molecule has 0 aliphatic carbocycles. The summed E-state index contributed by atoms with van der Waals surface area (Å²) < 4.78 is 37.9. The Hall–Kier alpha value is -3.52. The maximum Gasteiger partial charge on any atom is 0.256 e. The summed E-state index contributed by atoms with van der Waals surface area (Å²) in [6.07, 6.45) is 1.28. The van der Waals surface area contributed by atoms with Gasteiger partial charge in [-0.3, -0.25) is 14.5 Å². The molecule has 4 rings (SSSR count). The largest absolute Gasteiger partial charge is 0.482 e. The van der Waals surface area contributed by atoms with Gasteiger partial charge in [0.15, 0.2) is 0 Å². The molecular weight excluding hydrogens is 418 g/mol. The number of benzene rings is 2. The van der Waals surface area contributed by atoms with Crippen LogP contribution in [0.4, 0.5) is 8.78 Å². The molecule has 1 aliphatic heterocycles. The highest BCUT2D eigenvalue weighted by Gasteiger charge is 2.24. The first-order chi connectivity index (χ1) is 15.5. The Morgan fingerprint density at radius 3 is 2.41 bits per heavy atom. The second-order valence-electron chi connectivity index (χ2n) is 7.54. The summed E-state index contributed by atoms with van der Waals surface area (Å²) in [5, 5.41) is 0. The van der Waals surface area contributed by atoms with Crippen molar-refractivity contribution in [1.29, 1.82) is 0 Å².